The van der Waals surface area contributed by atoms with Gasteiger partial charge in [0.2, 0.25) is 5.91 Å². The summed E-state index contributed by atoms with van der Waals surface area (Å²) >= 11 is 0. The number of amides is 1. The zero-order valence-electron chi connectivity index (χ0n) is 15.5. The summed E-state index contributed by atoms with van der Waals surface area (Å²) in [6.45, 7) is 5.70. The number of halogens is 2. The molecule has 0 unspecified atom stereocenters. The van der Waals surface area contributed by atoms with Crippen LogP contribution < -0.4 is 0 Å². The van der Waals surface area contributed by atoms with Crippen molar-refractivity contribution in [3.05, 3.63) is 35.4 Å². The van der Waals surface area contributed by atoms with E-state index < -0.39 is 11.6 Å². The summed E-state index contributed by atoms with van der Waals surface area (Å²) in [6.07, 6.45) is 2.18. The number of carbonyl (C=O) groups excluding carboxylic acids is 1. The van der Waals surface area contributed by atoms with E-state index >= 15 is 0 Å². The lowest BCUT2D eigenvalue weighted by Crippen LogP contribution is -2.61. The van der Waals surface area contributed by atoms with Crippen LogP contribution in [0.4, 0.5) is 8.78 Å². The summed E-state index contributed by atoms with van der Waals surface area (Å²) < 4.78 is 28.4. The van der Waals surface area contributed by atoms with Gasteiger partial charge >= 0.3 is 0 Å². The first kappa shape index (κ1) is 17.9. The van der Waals surface area contributed by atoms with Crippen molar-refractivity contribution >= 4 is 5.91 Å². The Morgan fingerprint density at radius 2 is 1.96 bits per heavy atom. The number of benzene rings is 1. The van der Waals surface area contributed by atoms with Crippen LogP contribution >= 0.6 is 0 Å². The van der Waals surface area contributed by atoms with Gasteiger partial charge in [-0.3, -0.25) is 14.6 Å². The monoisotopic (exact) mass is 363 g/mol. The lowest BCUT2D eigenvalue weighted by molar-refractivity contribution is -0.136. The molecule has 0 radical (unpaired) electrons. The highest BCUT2D eigenvalue weighted by molar-refractivity contribution is 5.79. The Bertz CT molecular complexity index is 690. The van der Waals surface area contributed by atoms with Gasteiger partial charge in [0.1, 0.15) is 0 Å². The minimum atomic E-state index is -0.800. The molecule has 6 heteroatoms. The van der Waals surface area contributed by atoms with Crippen LogP contribution in [0, 0.1) is 17.6 Å². The smallest absolute Gasteiger partial charge is 0.237 e. The molecule has 0 N–H and O–H groups in total. The van der Waals surface area contributed by atoms with E-state index in [0.29, 0.717) is 24.6 Å². The molecule has 4 saturated heterocycles. The molecule has 26 heavy (non-hydrogen) atoms. The van der Waals surface area contributed by atoms with Gasteiger partial charge < -0.3 is 4.90 Å². The van der Waals surface area contributed by atoms with Gasteiger partial charge in [-0.1, -0.05) is 19.1 Å². The van der Waals surface area contributed by atoms with Crippen LogP contribution in [-0.2, 0) is 4.79 Å². The van der Waals surface area contributed by atoms with Crippen molar-refractivity contribution in [3.63, 3.8) is 0 Å². The van der Waals surface area contributed by atoms with Crippen molar-refractivity contribution in [1.29, 1.82) is 0 Å². The summed E-state index contributed by atoms with van der Waals surface area (Å²) in [5.74, 6) is -1.13. The number of hydrogen-bond donors (Lipinski definition) is 0. The van der Waals surface area contributed by atoms with Crippen LogP contribution in [0.3, 0.4) is 0 Å². The Morgan fingerprint density at radius 1 is 1.23 bits per heavy atom. The number of nitrogens with zero attached hydrogens (tertiary/aromatic N) is 3. The lowest BCUT2D eigenvalue weighted by atomic mass is 9.75. The second-order valence-corrected chi connectivity index (χ2v) is 7.98. The molecule has 142 valence electrons. The molecule has 1 aromatic carbocycles. The number of piperidine rings is 3. The molecule has 1 aromatic rings. The van der Waals surface area contributed by atoms with Crippen molar-refractivity contribution in [2.75, 3.05) is 39.8 Å². The maximum atomic E-state index is 14.5. The number of hydrogen-bond acceptors (Lipinski definition) is 3. The predicted octanol–water partition coefficient (Wildman–Crippen LogP) is 2.31. The number of carbonyl (C=O) groups is 1. The number of likely N-dealkylation sites (tertiary alicyclic amines) is 1. The SMILES string of the molecule is CCN(C)CC(=O)N1C[C@@H](c2cccc(F)c2F)[C@@H]2[C@H]1C1CCN2CC1. The Morgan fingerprint density at radius 3 is 2.65 bits per heavy atom. The van der Waals surface area contributed by atoms with E-state index in [-0.39, 0.29) is 23.9 Å². The lowest BCUT2D eigenvalue weighted by Gasteiger charge is -2.51. The van der Waals surface area contributed by atoms with Crippen LogP contribution in [0.2, 0.25) is 0 Å². The summed E-state index contributed by atoms with van der Waals surface area (Å²) in [5, 5.41) is 0. The Labute approximate surface area is 153 Å². The average molecular weight is 363 g/mol. The van der Waals surface area contributed by atoms with Gasteiger partial charge in [-0.2, -0.15) is 0 Å². The van der Waals surface area contributed by atoms with Crippen LogP contribution in [0.25, 0.3) is 0 Å². The molecular formula is C20H27F2N3O. The first-order valence-corrected chi connectivity index (χ1v) is 9.67. The molecule has 4 aliphatic heterocycles. The van der Waals surface area contributed by atoms with Crippen molar-refractivity contribution in [2.45, 2.75) is 37.8 Å². The fourth-order valence-corrected chi connectivity index (χ4v) is 5.22. The number of fused-ring (bicyclic) bond motifs is 2. The quantitative estimate of drug-likeness (QED) is 0.821. The summed E-state index contributed by atoms with van der Waals surface area (Å²) in [7, 11) is 1.94. The van der Waals surface area contributed by atoms with Crippen LogP contribution in [0.1, 0.15) is 31.2 Å². The molecule has 2 bridgehead atoms. The van der Waals surface area contributed by atoms with E-state index in [9.17, 15) is 13.6 Å². The summed E-state index contributed by atoms with van der Waals surface area (Å²) in [5.41, 5.74) is 0.423. The van der Waals surface area contributed by atoms with E-state index in [1.807, 2.05) is 23.8 Å². The minimum Gasteiger partial charge on any atom is -0.336 e. The highest BCUT2D eigenvalue weighted by Crippen LogP contribution is 2.47. The van der Waals surface area contributed by atoms with E-state index in [1.54, 1.807) is 12.1 Å². The number of rotatable bonds is 4. The molecule has 4 heterocycles. The van der Waals surface area contributed by atoms with Gasteiger partial charge in [0.15, 0.2) is 11.6 Å². The molecule has 0 aromatic heterocycles. The van der Waals surface area contributed by atoms with Gasteiger partial charge in [-0.15, -0.1) is 0 Å². The molecule has 4 fully saturated rings. The highest BCUT2D eigenvalue weighted by atomic mass is 19.2. The standard InChI is InChI=1S/C20H27F2N3O/c1-3-23(2)12-17(26)25-11-15(14-5-4-6-16(21)18(14)22)20-19(25)13-7-9-24(20)10-8-13/h4-6,13,15,19-20H,3,7-12H2,1-2H3/t15-,19+,20+/m0/s1. The largest absolute Gasteiger partial charge is 0.336 e. The fraction of sp³-hybridized carbons (Fsp3) is 0.650. The molecule has 3 atom stereocenters. The summed E-state index contributed by atoms with van der Waals surface area (Å²) in [6, 6.07) is 4.67. The third kappa shape index (κ3) is 2.83. The van der Waals surface area contributed by atoms with Crippen molar-refractivity contribution in [1.82, 2.24) is 14.7 Å². The van der Waals surface area contributed by atoms with E-state index in [1.165, 1.54) is 0 Å². The first-order chi connectivity index (χ1) is 12.5. The fourth-order valence-electron chi connectivity index (χ4n) is 5.22. The number of likely N-dealkylation sites (N-methyl/N-ethyl adjacent to an activating group) is 1. The van der Waals surface area contributed by atoms with E-state index in [4.69, 9.17) is 0 Å². The van der Waals surface area contributed by atoms with Crippen LogP contribution in [0.5, 0.6) is 0 Å². The Kier molecular flexibility index (Phi) is 4.73. The molecular weight excluding hydrogens is 336 g/mol. The normalized spacial score (nSPS) is 33.0. The third-order valence-corrected chi connectivity index (χ3v) is 6.64. The van der Waals surface area contributed by atoms with Gasteiger partial charge in [-0.05, 0) is 57.1 Å². The molecule has 4 aliphatic rings. The van der Waals surface area contributed by atoms with Crippen LogP contribution in [-0.4, -0.2) is 72.5 Å². The first-order valence-electron chi connectivity index (χ1n) is 9.67. The molecule has 0 aliphatic carbocycles. The summed E-state index contributed by atoms with van der Waals surface area (Å²) in [4.78, 5) is 19.3. The Hall–Kier alpha value is -1.53. The van der Waals surface area contributed by atoms with Crippen molar-refractivity contribution < 1.29 is 13.6 Å². The molecule has 0 saturated carbocycles. The van der Waals surface area contributed by atoms with E-state index in [2.05, 4.69) is 4.90 Å². The Balaban J connectivity index is 1.68. The minimum absolute atomic E-state index is 0.106. The van der Waals surface area contributed by atoms with Gasteiger partial charge in [-0.25, -0.2) is 8.78 Å². The van der Waals surface area contributed by atoms with Gasteiger partial charge in [0.25, 0.3) is 0 Å². The van der Waals surface area contributed by atoms with Gasteiger partial charge in [0.05, 0.1) is 12.6 Å². The maximum Gasteiger partial charge on any atom is 0.237 e. The van der Waals surface area contributed by atoms with Crippen molar-refractivity contribution in [3.8, 4) is 0 Å². The van der Waals surface area contributed by atoms with E-state index in [0.717, 1.165) is 38.5 Å². The molecule has 0 spiro atoms. The van der Waals surface area contributed by atoms with Gasteiger partial charge in [0, 0.05) is 18.5 Å². The maximum absolute atomic E-state index is 14.5. The second kappa shape index (κ2) is 6.89. The molecule has 1 amide bonds. The zero-order valence-corrected chi connectivity index (χ0v) is 15.5. The second-order valence-electron chi connectivity index (χ2n) is 7.98. The van der Waals surface area contributed by atoms with Crippen molar-refractivity contribution in [2.24, 2.45) is 5.92 Å². The topological polar surface area (TPSA) is 26.8 Å². The predicted molar refractivity (Wildman–Crippen MR) is 95.9 cm³/mol. The molecule has 5 rings (SSSR count). The molecule has 4 nitrogen and oxygen atoms in total. The third-order valence-electron chi connectivity index (χ3n) is 6.64. The van der Waals surface area contributed by atoms with Crippen LogP contribution in [0.15, 0.2) is 18.2 Å². The average Bonchev–Trinajstić information content (AvgIpc) is 3.07. The zero-order chi connectivity index (χ0) is 18.4. The highest BCUT2D eigenvalue weighted by Gasteiger charge is 2.55.